The van der Waals surface area contributed by atoms with Gasteiger partial charge in [-0.05, 0) is 62.8 Å². The molecule has 4 fully saturated rings. The van der Waals surface area contributed by atoms with Crippen LogP contribution in [0.25, 0.3) is 0 Å². The van der Waals surface area contributed by atoms with Gasteiger partial charge in [0.2, 0.25) is 0 Å². The van der Waals surface area contributed by atoms with Crippen LogP contribution in [0.4, 0.5) is 5.69 Å². The number of pyridine rings is 1. The van der Waals surface area contributed by atoms with Crippen LogP contribution in [0.3, 0.4) is 0 Å². The van der Waals surface area contributed by atoms with Crippen LogP contribution in [0, 0.1) is 17.8 Å². The molecule has 0 amide bonds. The summed E-state index contributed by atoms with van der Waals surface area (Å²) in [6, 6.07) is 1.97. The van der Waals surface area contributed by atoms with Gasteiger partial charge in [-0.25, -0.2) is 9.78 Å². The molecule has 4 aliphatic carbocycles. The van der Waals surface area contributed by atoms with Gasteiger partial charge in [-0.2, -0.15) is 0 Å². The molecule has 4 bridgehead atoms. The summed E-state index contributed by atoms with van der Waals surface area (Å²) < 4.78 is 5.13. The van der Waals surface area contributed by atoms with Crippen LogP contribution in [0.5, 0.6) is 0 Å². The number of halogens is 1. The minimum absolute atomic E-state index is 0.272. The number of carbonyl (C=O) groups is 1. The van der Waals surface area contributed by atoms with Crippen LogP contribution in [-0.4, -0.2) is 34.3 Å². The first-order valence-corrected chi connectivity index (χ1v) is 9.17. The Hall–Kier alpha value is -1.33. The average Bonchev–Trinajstić information content (AvgIpc) is 2.49. The smallest absolute Gasteiger partial charge is 0.341 e. The standard InChI is InChI=1S/C18H23ClN2O3/c1-2-24-17(22)13-9-20-15(19)5-14(13)21-16-11-3-10-4-12(16)8-18(23,6-10)7-11/h5,9-12,16,23H,2-4,6-8H2,1H3,(H,20,21)/t10?,11-,12+,16-,18-. The van der Waals surface area contributed by atoms with Gasteiger partial charge in [0, 0.05) is 12.2 Å². The van der Waals surface area contributed by atoms with Gasteiger partial charge in [0.15, 0.2) is 0 Å². The number of esters is 1. The molecule has 1 unspecified atom stereocenters. The third kappa shape index (κ3) is 2.78. The molecule has 5 atom stereocenters. The van der Waals surface area contributed by atoms with E-state index in [9.17, 15) is 9.90 Å². The Balaban J connectivity index is 1.60. The maximum atomic E-state index is 12.2. The first-order valence-electron chi connectivity index (χ1n) is 8.79. The summed E-state index contributed by atoms with van der Waals surface area (Å²) in [5.74, 6) is 1.16. The number of hydrogen-bond acceptors (Lipinski definition) is 5. The molecule has 1 aromatic heterocycles. The van der Waals surface area contributed by atoms with Crippen molar-refractivity contribution in [2.75, 3.05) is 11.9 Å². The van der Waals surface area contributed by atoms with E-state index in [4.69, 9.17) is 16.3 Å². The first kappa shape index (κ1) is 16.2. The second-order valence-electron chi connectivity index (χ2n) is 7.64. The van der Waals surface area contributed by atoms with Gasteiger partial charge in [-0.1, -0.05) is 11.6 Å². The summed E-state index contributed by atoms with van der Waals surface area (Å²) >= 11 is 6.05. The lowest BCUT2D eigenvalue weighted by atomic mass is 9.52. The predicted molar refractivity (Wildman–Crippen MR) is 91.1 cm³/mol. The zero-order chi connectivity index (χ0) is 16.9. The molecule has 4 aliphatic rings. The van der Waals surface area contributed by atoms with Crippen molar-refractivity contribution in [3.63, 3.8) is 0 Å². The molecule has 24 heavy (non-hydrogen) atoms. The highest BCUT2D eigenvalue weighted by atomic mass is 35.5. The van der Waals surface area contributed by atoms with E-state index in [1.165, 1.54) is 6.20 Å². The zero-order valence-corrected chi connectivity index (χ0v) is 14.6. The predicted octanol–water partition coefficient (Wildman–Crippen LogP) is 3.26. The highest BCUT2D eigenvalue weighted by Crippen LogP contribution is 2.56. The summed E-state index contributed by atoms with van der Waals surface area (Å²) in [5, 5.41) is 14.6. The second kappa shape index (κ2) is 5.88. The Kier molecular flexibility index (Phi) is 3.96. The van der Waals surface area contributed by atoms with Crippen LogP contribution < -0.4 is 5.32 Å². The van der Waals surface area contributed by atoms with Crippen LogP contribution in [0.2, 0.25) is 5.15 Å². The minimum Gasteiger partial charge on any atom is -0.462 e. The summed E-state index contributed by atoms with van der Waals surface area (Å²) in [4.78, 5) is 16.2. The molecule has 130 valence electrons. The van der Waals surface area contributed by atoms with Crippen molar-refractivity contribution in [1.29, 1.82) is 0 Å². The number of nitrogens with zero attached hydrogens (tertiary/aromatic N) is 1. The summed E-state index contributed by atoms with van der Waals surface area (Å²) in [5.41, 5.74) is 0.654. The molecule has 1 heterocycles. The van der Waals surface area contributed by atoms with E-state index in [0.717, 1.165) is 32.1 Å². The van der Waals surface area contributed by atoms with Crippen molar-refractivity contribution in [2.24, 2.45) is 17.8 Å². The molecule has 5 nitrogen and oxygen atoms in total. The van der Waals surface area contributed by atoms with E-state index >= 15 is 0 Å². The van der Waals surface area contributed by atoms with E-state index in [-0.39, 0.29) is 12.0 Å². The van der Waals surface area contributed by atoms with Crippen molar-refractivity contribution < 1.29 is 14.6 Å². The number of nitrogens with one attached hydrogen (secondary N) is 1. The first-order chi connectivity index (χ1) is 11.5. The number of hydrogen-bond donors (Lipinski definition) is 2. The molecule has 0 spiro atoms. The SMILES string of the molecule is CCOC(=O)c1cnc(Cl)cc1N[C@@H]1[C@@H]2CC3C[C@H]1C[C@@](O)(C3)C2. The van der Waals surface area contributed by atoms with E-state index in [1.54, 1.807) is 13.0 Å². The Morgan fingerprint density at radius 2 is 2.12 bits per heavy atom. The third-order valence-electron chi connectivity index (χ3n) is 5.93. The Morgan fingerprint density at radius 1 is 1.42 bits per heavy atom. The number of ether oxygens (including phenoxy) is 1. The number of aromatic nitrogens is 1. The molecule has 0 saturated heterocycles. The summed E-state index contributed by atoms with van der Waals surface area (Å²) in [6.07, 6.45) is 6.46. The molecule has 4 saturated carbocycles. The molecule has 2 N–H and O–H groups in total. The molecule has 0 aromatic carbocycles. The van der Waals surface area contributed by atoms with Crippen molar-refractivity contribution in [2.45, 2.75) is 50.7 Å². The molecular formula is C18H23ClN2O3. The quantitative estimate of drug-likeness (QED) is 0.644. The lowest BCUT2D eigenvalue weighted by molar-refractivity contribution is -0.129. The molecule has 0 aliphatic heterocycles. The normalized spacial score (nSPS) is 36.6. The lowest BCUT2D eigenvalue weighted by Crippen LogP contribution is -2.59. The molecule has 0 radical (unpaired) electrons. The number of rotatable bonds is 4. The van der Waals surface area contributed by atoms with Crippen LogP contribution in [0.1, 0.15) is 49.4 Å². The van der Waals surface area contributed by atoms with Gasteiger partial charge in [0.05, 0.1) is 17.9 Å². The topological polar surface area (TPSA) is 71.5 Å². The van der Waals surface area contributed by atoms with E-state index in [0.29, 0.717) is 40.8 Å². The highest BCUT2D eigenvalue weighted by molar-refractivity contribution is 6.29. The van der Waals surface area contributed by atoms with E-state index in [2.05, 4.69) is 10.3 Å². The molecular weight excluding hydrogens is 328 g/mol. The number of anilines is 1. The Morgan fingerprint density at radius 3 is 2.75 bits per heavy atom. The van der Waals surface area contributed by atoms with Crippen LogP contribution in [0.15, 0.2) is 12.3 Å². The van der Waals surface area contributed by atoms with Gasteiger partial charge in [-0.3, -0.25) is 0 Å². The van der Waals surface area contributed by atoms with Crippen molar-refractivity contribution in [3.05, 3.63) is 23.0 Å². The van der Waals surface area contributed by atoms with Gasteiger partial charge >= 0.3 is 5.97 Å². The van der Waals surface area contributed by atoms with Gasteiger partial charge in [-0.15, -0.1) is 0 Å². The van der Waals surface area contributed by atoms with Gasteiger partial charge in [0.1, 0.15) is 10.7 Å². The van der Waals surface area contributed by atoms with Crippen LogP contribution >= 0.6 is 11.6 Å². The summed E-state index contributed by atoms with van der Waals surface area (Å²) in [6.45, 7) is 2.11. The molecule has 1 aromatic rings. The molecule has 5 rings (SSSR count). The number of carbonyl (C=O) groups excluding carboxylic acids is 1. The van der Waals surface area contributed by atoms with Crippen LogP contribution in [-0.2, 0) is 4.74 Å². The van der Waals surface area contributed by atoms with Crippen molar-refractivity contribution in [1.82, 2.24) is 4.98 Å². The monoisotopic (exact) mass is 350 g/mol. The Bertz CT molecular complexity index is 650. The lowest BCUT2D eigenvalue weighted by Gasteiger charge is -2.58. The fourth-order valence-electron chi connectivity index (χ4n) is 5.32. The number of aliphatic hydroxyl groups is 1. The highest BCUT2D eigenvalue weighted by Gasteiger charge is 2.54. The van der Waals surface area contributed by atoms with Crippen molar-refractivity contribution >= 4 is 23.3 Å². The fraction of sp³-hybridized carbons (Fsp3) is 0.667. The largest absolute Gasteiger partial charge is 0.462 e. The van der Waals surface area contributed by atoms with E-state index < -0.39 is 5.60 Å². The fourth-order valence-corrected chi connectivity index (χ4v) is 5.48. The minimum atomic E-state index is -0.464. The Labute approximate surface area is 146 Å². The van der Waals surface area contributed by atoms with Gasteiger partial charge in [0.25, 0.3) is 0 Å². The van der Waals surface area contributed by atoms with E-state index in [1.807, 2.05) is 0 Å². The second-order valence-corrected chi connectivity index (χ2v) is 8.02. The van der Waals surface area contributed by atoms with Crippen molar-refractivity contribution in [3.8, 4) is 0 Å². The third-order valence-corrected chi connectivity index (χ3v) is 6.14. The molecule has 6 heteroatoms. The van der Waals surface area contributed by atoms with Gasteiger partial charge < -0.3 is 15.2 Å². The maximum absolute atomic E-state index is 12.2. The maximum Gasteiger partial charge on any atom is 0.341 e. The summed E-state index contributed by atoms with van der Waals surface area (Å²) in [7, 11) is 0. The average molecular weight is 351 g/mol. The zero-order valence-electron chi connectivity index (χ0n) is 13.8.